The van der Waals surface area contributed by atoms with E-state index >= 15 is 0 Å². The molecule has 0 bridgehead atoms. The van der Waals surface area contributed by atoms with Gasteiger partial charge in [0.1, 0.15) is 0 Å². The number of benzene rings is 7. The first-order chi connectivity index (χ1) is 16.8. The van der Waals surface area contributed by atoms with Gasteiger partial charge in [-0.05, 0) is 90.6 Å². The fraction of sp³-hybridized carbons (Fsp3) is 0. The lowest BCUT2D eigenvalue weighted by molar-refractivity contribution is 1.62. The van der Waals surface area contributed by atoms with Crippen molar-refractivity contribution in [1.29, 1.82) is 0 Å². The van der Waals surface area contributed by atoms with Crippen molar-refractivity contribution in [3.8, 4) is 11.1 Å². The maximum atomic E-state index is 2.31. The number of rotatable bonds is 1. The van der Waals surface area contributed by atoms with E-state index in [1.807, 2.05) is 12.1 Å². The average Bonchev–Trinajstić information content (AvgIpc) is 2.91. The Morgan fingerprint density at radius 3 is 0.735 bits per heavy atom. The van der Waals surface area contributed by atoms with Crippen LogP contribution < -0.4 is 0 Å². The van der Waals surface area contributed by atoms with Gasteiger partial charge in [-0.25, -0.2) is 0 Å². The van der Waals surface area contributed by atoms with Gasteiger partial charge in [-0.15, -0.1) is 0 Å². The molecule has 0 radical (unpaired) electrons. The summed E-state index contributed by atoms with van der Waals surface area (Å²) in [6, 6.07) is 51.7. The first-order valence-corrected chi connectivity index (χ1v) is 11.7. The molecule has 0 saturated heterocycles. The Hall–Kier alpha value is -4.42. The Kier molecular flexibility index (Phi) is 5.26. The van der Waals surface area contributed by atoms with Gasteiger partial charge < -0.3 is 0 Å². The van der Waals surface area contributed by atoms with E-state index in [-0.39, 0.29) is 0 Å². The Bertz CT molecular complexity index is 1510. The van der Waals surface area contributed by atoms with Crippen molar-refractivity contribution >= 4 is 43.1 Å². The van der Waals surface area contributed by atoms with Crippen LogP contribution in [0.15, 0.2) is 146 Å². The average molecular weight is 433 g/mol. The van der Waals surface area contributed by atoms with Gasteiger partial charge in [0.05, 0.1) is 0 Å². The van der Waals surface area contributed by atoms with Crippen molar-refractivity contribution in [2.45, 2.75) is 0 Å². The summed E-state index contributed by atoms with van der Waals surface area (Å²) in [6.45, 7) is 0. The lowest BCUT2D eigenvalue weighted by atomic mass is 9.97. The molecular weight excluding hydrogens is 408 g/mol. The number of hydrogen-bond donors (Lipinski definition) is 0. The van der Waals surface area contributed by atoms with Gasteiger partial charge in [-0.3, -0.25) is 0 Å². The van der Waals surface area contributed by atoms with E-state index in [9.17, 15) is 0 Å². The van der Waals surface area contributed by atoms with Gasteiger partial charge in [0.2, 0.25) is 0 Å². The third kappa shape index (κ3) is 4.02. The van der Waals surface area contributed by atoms with E-state index in [0.29, 0.717) is 0 Å². The predicted molar refractivity (Wildman–Crippen MR) is 148 cm³/mol. The second-order valence-corrected chi connectivity index (χ2v) is 8.68. The third-order valence-electron chi connectivity index (χ3n) is 6.41. The molecule has 160 valence electrons. The zero-order valence-corrected chi connectivity index (χ0v) is 18.9. The second-order valence-electron chi connectivity index (χ2n) is 8.68. The van der Waals surface area contributed by atoms with Crippen LogP contribution in [0.3, 0.4) is 0 Å². The molecule has 7 aromatic carbocycles. The molecule has 7 aromatic rings. The van der Waals surface area contributed by atoms with Crippen molar-refractivity contribution in [1.82, 2.24) is 0 Å². The summed E-state index contributed by atoms with van der Waals surface area (Å²) < 4.78 is 0. The van der Waals surface area contributed by atoms with Gasteiger partial charge in [-0.1, -0.05) is 109 Å². The summed E-state index contributed by atoms with van der Waals surface area (Å²) in [5.74, 6) is 0. The van der Waals surface area contributed by atoms with Crippen molar-refractivity contribution in [2.24, 2.45) is 0 Å². The quantitative estimate of drug-likeness (QED) is 0.226. The standard InChI is InChI=1S/C22H14.C12H10/c1-2-6-16-10-20-14-22-12-18-8-4-3-7-17(18)11-21(22)13-19(20)9-15(16)5-1;1-3-7-11(8-4-1)12-9-5-2-6-10-12/h1-14H;1-10H. The summed E-state index contributed by atoms with van der Waals surface area (Å²) in [6.07, 6.45) is 0. The highest BCUT2D eigenvalue weighted by Crippen LogP contribution is 2.30. The summed E-state index contributed by atoms with van der Waals surface area (Å²) in [5, 5.41) is 10.4. The topological polar surface area (TPSA) is 0 Å². The van der Waals surface area contributed by atoms with E-state index in [2.05, 4.69) is 133 Å². The monoisotopic (exact) mass is 432 g/mol. The minimum absolute atomic E-state index is 1.28. The number of fused-ring (bicyclic) bond motifs is 4. The van der Waals surface area contributed by atoms with E-state index in [0.717, 1.165) is 0 Å². The van der Waals surface area contributed by atoms with Crippen LogP contribution >= 0.6 is 0 Å². The Labute approximate surface area is 199 Å². The van der Waals surface area contributed by atoms with E-state index in [4.69, 9.17) is 0 Å². The molecule has 0 atom stereocenters. The van der Waals surface area contributed by atoms with Crippen molar-refractivity contribution in [2.75, 3.05) is 0 Å². The first kappa shape index (κ1) is 20.2. The first-order valence-electron chi connectivity index (χ1n) is 11.7. The highest BCUT2D eigenvalue weighted by Gasteiger charge is 2.02. The van der Waals surface area contributed by atoms with Gasteiger partial charge in [0.25, 0.3) is 0 Å². The van der Waals surface area contributed by atoms with E-state index in [1.165, 1.54) is 54.2 Å². The summed E-state index contributed by atoms with van der Waals surface area (Å²) in [7, 11) is 0. The molecule has 0 aromatic heterocycles. The SMILES string of the molecule is c1ccc(-c2ccccc2)cc1.c1ccc2cc3cc4cc5ccccc5cc4cc3cc2c1. The van der Waals surface area contributed by atoms with Gasteiger partial charge in [0.15, 0.2) is 0 Å². The molecule has 34 heavy (non-hydrogen) atoms. The molecule has 0 heteroatoms. The van der Waals surface area contributed by atoms with Gasteiger partial charge in [-0.2, -0.15) is 0 Å². The van der Waals surface area contributed by atoms with Gasteiger partial charge >= 0.3 is 0 Å². The van der Waals surface area contributed by atoms with Crippen LogP contribution in [-0.2, 0) is 0 Å². The maximum absolute atomic E-state index is 2.31. The van der Waals surface area contributed by atoms with Crippen LogP contribution in [0.5, 0.6) is 0 Å². The molecule has 0 amide bonds. The molecule has 0 heterocycles. The second kappa shape index (κ2) is 8.84. The molecule has 0 unspecified atom stereocenters. The Morgan fingerprint density at radius 1 is 0.206 bits per heavy atom. The zero-order valence-electron chi connectivity index (χ0n) is 18.9. The summed E-state index contributed by atoms with van der Waals surface area (Å²) >= 11 is 0. The maximum Gasteiger partial charge on any atom is -0.0171 e. The largest absolute Gasteiger partial charge is 0.0622 e. The van der Waals surface area contributed by atoms with E-state index in [1.54, 1.807) is 0 Å². The molecule has 0 spiro atoms. The molecular formula is C34H24. The van der Waals surface area contributed by atoms with Crippen LogP contribution in [0, 0.1) is 0 Å². The smallest absolute Gasteiger partial charge is 0.0171 e. The molecule has 0 fully saturated rings. The Morgan fingerprint density at radius 2 is 0.441 bits per heavy atom. The molecule has 0 N–H and O–H groups in total. The van der Waals surface area contributed by atoms with Crippen LogP contribution in [0.25, 0.3) is 54.2 Å². The lowest BCUT2D eigenvalue weighted by Gasteiger charge is -2.07. The molecule has 0 aliphatic rings. The minimum atomic E-state index is 1.28. The fourth-order valence-corrected chi connectivity index (χ4v) is 4.65. The van der Waals surface area contributed by atoms with Crippen LogP contribution in [0.2, 0.25) is 0 Å². The predicted octanol–water partition coefficient (Wildman–Crippen LogP) is 9.65. The van der Waals surface area contributed by atoms with Crippen molar-refractivity contribution in [3.05, 3.63) is 146 Å². The summed E-state index contributed by atoms with van der Waals surface area (Å²) in [5.41, 5.74) is 2.55. The van der Waals surface area contributed by atoms with Crippen LogP contribution in [0.4, 0.5) is 0 Å². The van der Waals surface area contributed by atoms with Crippen LogP contribution in [0.1, 0.15) is 0 Å². The van der Waals surface area contributed by atoms with E-state index < -0.39 is 0 Å². The third-order valence-corrected chi connectivity index (χ3v) is 6.41. The minimum Gasteiger partial charge on any atom is -0.0622 e. The summed E-state index contributed by atoms with van der Waals surface area (Å²) in [4.78, 5) is 0. The molecule has 0 saturated carbocycles. The number of hydrogen-bond acceptors (Lipinski definition) is 0. The lowest BCUT2D eigenvalue weighted by Crippen LogP contribution is -1.80. The molecule has 0 nitrogen and oxygen atoms in total. The van der Waals surface area contributed by atoms with Crippen molar-refractivity contribution in [3.63, 3.8) is 0 Å². The highest BCUT2D eigenvalue weighted by atomic mass is 14.1. The molecule has 0 aliphatic heterocycles. The fourth-order valence-electron chi connectivity index (χ4n) is 4.65. The zero-order chi connectivity index (χ0) is 22.7. The molecule has 0 aliphatic carbocycles. The molecule has 7 rings (SSSR count). The van der Waals surface area contributed by atoms with Crippen LogP contribution in [-0.4, -0.2) is 0 Å². The highest BCUT2D eigenvalue weighted by molar-refractivity contribution is 6.08. The Balaban J connectivity index is 0.000000154. The normalized spacial score (nSPS) is 10.9. The van der Waals surface area contributed by atoms with Gasteiger partial charge in [0, 0.05) is 0 Å². The van der Waals surface area contributed by atoms with Crippen molar-refractivity contribution < 1.29 is 0 Å².